The first-order valence-corrected chi connectivity index (χ1v) is 11.5. The number of hydrogen-bond donors (Lipinski definition) is 0. The Morgan fingerprint density at radius 3 is 2.22 bits per heavy atom. The molecule has 0 unspecified atom stereocenters. The van der Waals surface area contributed by atoms with Gasteiger partial charge in [0.05, 0.1) is 4.88 Å². The molecule has 0 atom stereocenters. The van der Waals surface area contributed by atoms with Gasteiger partial charge in [0.1, 0.15) is 0 Å². The van der Waals surface area contributed by atoms with E-state index in [1.807, 2.05) is 42.3 Å². The smallest absolute Gasteiger partial charge is 0.0622 e. The second-order valence-electron chi connectivity index (χ2n) is 5.03. The molecule has 1 aliphatic heterocycles. The lowest BCUT2D eigenvalue weighted by atomic mass is 10.2. The second-order valence-corrected chi connectivity index (χ2v) is 9.52. The molecule has 0 radical (unpaired) electrons. The van der Waals surface area contributed by atoms with Crippen LogP contribution in [-0.4, -0.2) is 0 Å². The van der Waals surface area contributed by atoms with Gasteiger partial charge < -0.3 is 0 Å². The average molecular weight is 370 g/mol. The summed E-state index contributed by atoms with van der Waals surface area (Å²) in [5.41, 5.74) is 2.60. The molecule has 0 N–H and O–H groups in total. The molecule has 112 valence electrons. The van der Waals surface area contributed by atoms with Crippen molar-refractivity contribution in [3.63, 3.8) is 0 Å². The van der Waals surface area contributed by atoms with Crippen LogP contribution in [0.2, 0.25) is 0 Å². The molecule has 1 aromatic heterocycles. The molecule has 4 rings (SSSR count). The van der Waals surface area contributed by atoms with Crippen molar-refractivity contribution in [2.24, 2.45) is 0 Å². The molecule has 0 spiro atoms. The van der Waals surface area contributed by atoms with Crippen LogP contribution in [-0.2, 0) is 0 Å². The molecule has 3 aromatic rings. The van der Waals surface area contributed by atoms with Crippen LogP contribution in [0.5, 0.6) is 0 Å². The Bertz CT molecular complexity index is 861. The summed E-state index contributed by atoms with van der Waals surface area (Å²) in [6.45, 7) is 0. The van der Waals surface area contributed by atoms with Crippen molar-refractivity contribution in [2.45, 2.75) is 0 Å². The van der Waals surface area contributed by atoms with Gasteiger partial charge in [-0.1, -0.05) is 70.1 Å². The number of hydrogen-bond acceptors (Lipinski definition) is 3. The molecule has 0 amide bonds. The van der Waals surface area contributed by atoms with Crippen LogP contribution in [0.25, 0.3) is 21.4 Å². The normalized spacial score (nSPS) is 15.8. The van der Waals surface area contributed by atoms with Gasteiger partial charge >= 0.3 is 10.3 Å². The van der Waals surface area contributed by atoms with Crippen LogP contribution in [0.15, 0.2) is 77.7 Å². The maximum Gasteiger partial charge on any atom is 0.301 e. The minimum absolute atomic E-state index is 1.30. The third kappa shape index (κ3) is 3.61. The van der Waals surface area contributed by atoms with E-state index in [1.165, 1.54) is 30.7 Å². The molecule has 0 bridgehead atoms. The van der Waals surface area contributed by atoms with Crippen LogP contribution < -0.4 is 0 Å². The molecule has 1 aliphatic rings. The van der Waals surface area contributed by atoms with Gasteiger partial charge in [0.2, 0.25) is 0 Å². The lowest BCUT2D eigenvalue weighted by molar-refractivity contribution is 1.65. The molecule has 0 nitrogen and oxygen atoms in total. The van der Waals surface area contributed by atoms with Crippen molar-refractivity contribution in [1.29, 1.82) is 0 Å². The monoisotopic (exact) mass is 369 g/mol. The lowest BCUT2D eigenvalue weighted by Crippen LogP contribution is -1.73. The maximum atomic E-state index is 2.29. The molecule has 2 heterocycles. The van der Waals surface area contributed by atoms with Gasteiger partial charge in [0.15, 0.2) is 10.3 Å². The van der Waals surface area contributed by atoms with Gasteiger partial charge in [-0.3, -0.25) is 0 Å². The van der Waals surface area contributed by atoms with E-state index >= 15 is 0 Å². The van der Waals surface area contributed by atoms with Crippen LogP contribution in [0.1, 0.15) is 10.4 Å². The topological polar surface area (TPSA) is 0 Å². The van der Waals surface area contributed by atoms with Crippen LogP contribution in [0.4, 0.5) is 0 Å². The molecule has 0 saturated carbocycles. The minimum Gasteiger partial charge on any atom is -0.0622 e. The number of benzene rings is 2. The fourth-order valence-electron chi connectivity index (χ4n) is 2.28. The van der Waals surface area contributed by atoms with E-state index in [-0.39, 0.29) is 0 Å². The molecular weight excluding hydrogens is 356 g/mol. The van der Waals surface area contributed by atoms with Gasteiger partial charge in [0.25, 0.3) is 4.88 Å². The summed E-state index contributed by atoms with van der Waals surface area (Å²) in [4.78, 5) is 5.32. The van der Waals surface area contributed by atoms with E-state index in [0.29, 0.717) is 0 Å². The van der Waals surface area contributed by atoms with Crippen molar-refractivity contribution >= 4 is 53.2 Å². The van der Waals surface area contributed by atoms with Crippen molar-refractivity contribution in [1.82, 2.24) is 0 Å². The molecule has 0 aliphatic carbocycles. The molecule has 0 saturated heterocycles. The minimum atomic E-state index is 1.30. The fraction of sp³-hybridized carbons (Fsp3) is 0. The highest BCUT2D eigenvalue weighted by atomic mass is 33.1. The first-order chi connectivity index (χ1) is 11.4. The Hall–Kier alpha value is -1.33. The largest absolute Gasteiger partial charge is 0.301 e. The van der Waals surface area contributed by atoms with Gasteiger partial charge in [0, 0.05) is 21.4 Å². The van der Waals surface area contributed by atoms with Crippen molar-refractivity contribution < 1.29 is 0 Å². The van der Waals surface area contributed by atoms with E-state index in [2.05, 4.69) is 78.9 Å². The Morgan fingerprint density at radius 2 is 1.48 bits per heavy atom. The predicted molar refractivity (Wildman–Crippen MR) is 110 cm³/mol. The van der Waals surface area contributed by atoms with Crippen LogP contribution >= 0.6 is 42.3 Å². The lowest BCUT2D eigenvalue weighted by Gasteiger charge is -1.97. The highest BCUT2D eigenvalue weighted by Gasteiger charge is 2.17. The summed E-state index contributed by atoms with van der Waals surface area (Å²) in [6, 6.07) is 23.5. The Labute approximate surface area is 151 Å². The third-order valence-corrected chi connectivity index (χ3v) is 8.22. The maximum absolute atomic E-state index is 2.29. The van der Waals surface area contributed by atoms with Crippen LogP contribution in [0.3, 0.4) is 0 Å². The zero-order chi connectivity index (χ0) is 15.5. The van der Waals surface area contributed by atoms with Gasteiger partial charge in [-0.15, -0.1) is 0 Å². The van der Waals surface area contributed by atoms with Crippen molar-refractivity contribution in [3.05, 3.63) is 88.2 Å². The van der Waals surface area contributed by atoms with E-state index in [0.717, 1.165) is 0 Å². The molecule has 2 aromatic carbocycles. The van der Waals surface area contributed by atoms with Gasteiger partial charge in [-0.25, -0.2) is 0 Å². The zero-order valence-corrected chi connectivity index (χ0v) is 15.4. The highest BCUT2D eigenvalue weighted by molar-refractivity contribution is 8.82. The Balaban J connectivity index is 1.58. The van der Waals surface area contributed by atoms with Crippen molar-refractivity contribution in [3.8, 4) is 10.4 Å². The molecule has 0 fully saturated rings. The van der Waals surface area contributed by atoms with E-state index in [4.69, 9.17) is 0 Å². The van der Waals surface area contributed by atoms with E-state index < -0.39 is 0 Å². The van der Waals surface area contributed by atoms with E-state index in [9.17, 15) is 0 Å². The summed E-state index contributed by atoms with van der Waals surface area (Å²) in [6.07, 6.45) is 4.58. The fourth-order valence-corrected chi connectivity index (χ4v) is 6.93. The first-order valence-electron chi connectivity index (χ1n) is 7.20. The SMILES string of the molecule is C(=C1C=C(c2ccccc2)SS1)c1cc(-c2ccccc2)[s+]s1. The van der Waals surface area contributed by atoms with E-state index in [1.54, 1.807) is 0 Å². The molecule has 4 heteroatoms. The summed E-state index contributed by atoms with van der Waals surface area (Å²) in [5, 5.41) is 0. The zero-order valence-electron chi connectivity index (χ0n) is 12.1. The summed E-state index contributed by atoms with van der Waals surface area (Å²) in [7, 11) is 7.37. The third-order valence-electron chi connectivity index (χ3n) is 3.40. The van der Waals surface area contributed by atoms with Crippen molar-refractivity contribution in [2.75, 3.05) is 0 Å². The summed E-state index contributed by atoms with van der Waals surface area (Å²) < 4.78 is 0. The summed E-state index contributed by atoms with van der Waals surface area (Å²) >= 11 is 0. The molecular formula is C19H13S4+. The highest BCUT2D eigenvalue weighted by Crippen LogP contribution is 2.50. The number of allylic oxidation sites excluding steroid dienone is 1. The quantitative estimate of drug-likeness (QED) is 0.345. The Morgan fingerprint density at radius 1 is 0.783 bits per heavy atom. The van der Waals surface area contributed by atoms with Crippen LogP contribution in [0, 0.1) is 0 Å². The average Bonchev–Trinajstić information content (AvgIpc) is 3.27. The van der Waals surface area contributed by atoms with Gasteiger partial charge in [-0.2, -0.15) is 0 Å². The number of rotatable bonds is 3. The molecule has 23 heavy (non-hydrogen) atoms. The first kappa shape index (κ1) is 15.2. The second kappa shape index (κ2) is 7.05. The predicted octanol–water partition coefficient (Wildman–Crippen LogP) is 7.53. The summed E-state index contributed by atoms with van der Waals surface area (Å²) in [5.74, 6) is 0. The Kier molecular flexibility index (Phi) is 4.67. The standard InChI is InChI=1S/C19H13S4/c1-3-7-14(8-4-1)18-12-16(20-22-18)11-17-13-19(23-21-17)15-9-5-2-6-10-15/h1-13H/q+1. The van der Waals surface area contributed by atoms with Gasteiger partial charge in [-0.05, 0) is 29.8 Å².